The summed E-state index contributed by atoms with van der Waals surface area (Å²) in [5, 5.41) is 3.75. The molecule has 2 amide bonds. The Bertz CT molecular complexity index is 590. The first kappa shape index (κ1) is 18.7. The number of amides is 2. The van der Waals surface area contributed by atoms with Crippen LogP contribution in [0, 0.1) is 12.3 Å². The fourth-order valence-corrected chi connectivity index (χ4v) is 3.63. The van der Waals surface area contributed by atoms with E-state index in [0.29, 0.717) is 38.4 Å². The molecule has 0 spiro atoms. The third kappa shape index (κ3) is 3.42. The summed E-state index contributed by atoms with van der Waals surface area (Å²) in [5.74, 6) is 0.267. The van der Waals surface area contributed by atoms with Gasteiger partial charge in [0.15, 0.2) is 0 Å². The first-order valence-corrected chi connectivity index (χ1v) is 8.28. The van der Waals surface area contributed by atoms with Crippen molar-refractivity contribution in [2.24, 2.45) is 11.1 Å². The maximum absolute atomic E-state index is 12.8. The third-order valence-corrected chi connectivity index (χ3v) is 5.10. The molecule has 24 heavy (non-hydrogen) atoms. The number of piperazine rings is 1. The van der Waals surface area contributed by atoms with Gasteiger partial charge in [-0.3, -0.25) is 9.59 Å². The summed E-state index contributed by atoms with van der Waals surface area (Å²) in [4.78, 5) is 28.7. The van der Waals surface area contributed by atoms with E-state index >= 15 is 0 Å². The standard InChI is InChI=1S/C16H24N4O3.ClH/c1-12-10-13(23-18-12)14(21)19-6-8-20(9-7-19)15(22)16(11-17)4-2-3-5-16;/h10H,2-9,11,17H2,1H3;1H. The van der Waals surface area contributed by atoms with E-state index in [1.807, 2.05) is 4.90 Å². The molecule has 1 saturated carbocycles. The van der Waals surface area contributed by atoms with Gasteiger partial charge in [0.2, 0.25) is 11.7 Å². The van der Waals surface area contributed by atoms with E-state index in [1.165, 1.54) is 0 Å². The van der Waals surface area contributed by atoms with Crippen molar-refractivity contribution in [3.8, 4) is 0 Å². The molecule has 1 aliphatic carbocycles. The van der Waals surface area contributed by atoms with Crippen LogP contribution in [-0.2, 0) is 4.79 Å². The van der Waals surface area contributed by atoms with Gasteiger partial charge in [0.05, 0.1) is 11.1 Å². The molecule has 1 aromatic rings. The van der Waals surface area contributed by atoms with Crippen molar-refractivity contribution in [1.82, 2.24) is 15.0 Å². The molecule has 7 nitrogen and oxygen atoms in total. The highest BCUT2D eigenvalue weighted by Gasteiger charge is 2.43. The fourth-order valence-electron chi connectivity index (χ4n) is 3.63. The van der Waals surface area contributed by atoms with Gasteiger partial charge in [0, 0.05) is 38.8 Å². The second kappa shape index (κ2) is 7.53. The Balaban J connectivity index is 0.00000208. The van der Waals surface area contributed by atoms with E-state index in [1.54, 1.807) is 17.9 Å². The zero-order chi connectivity index (χ0) is 16.4. The molecule has 8 heteroatoms. The predicted octanol–water partition coefficient (Wildman–Crippen LogP) is 1.21. The molecule has 2 heterocycles. The van der Waals surface area contributed by atoms with Crippen LogP contribution in [0.25, 0.3) is 0 Å². The number of carbonyl (C=O) groups is 2. The summed E-state index contributed by atoms with van der Waals surface area (Å²) in [6, 6.07) is 1.64. The topological polar surface area (TPSA) is 92.7 Å². The van der Waals surface area contributed by atoms with Gasteiger partial charge in [-0.2, -0.15) is 0 Å². The highest BCUT2D eigenvalue weighted by molar-refractivity contribution is 5.91. The molecule has 1 aromatic heterocycles. The van der Waals surface area contributed by atoms with Gasteiger partial charge < -0.3 is 20.1 Å². The smallest absolute Gasteiger partial charge is 0.292 e. The summed E-state index contributed by atoms with van der Waals surface area (Å²) in [6.45, 7) is 4.35. The molecule has 1 saturated heterocycles. The second-order valence-electron chi connectivity index (χ2n) is 6.61. The molecule has 2 N–H and O–H groups in total. The molecule has 3 rings (SSSR count). The van der Waals surface area contributed by atoms with Crippen LogP contribution in [0.15, 0.2) is 10.6 Å². The molecule has 0 unspecified atom stereocenters. The SMILES string of the molecule is Cc1cc(C(=O)N2CCN(C(=O)C3(CN)CCCC3)CC2)on1.Cl. The lowest BCUT2D eigenvalue weighted by molar-refractivity contribution is -0.143. The molecule has 134 valence electrons. The van der Waals surface area contributed by atoms with Crippen LogP contribution >= 0.6 is 12.4 Å². The molecule has 0 atom stereocenters. The van der Waals surface area contributed by atoms with Gasteiger partial charge in [-0.25, -0.2) is 0 Å². The molecule has 0 aromatic carbocycles. The third-order valence-electron chi connectivity index (χ3n) is 5.10. The largest absolute Gasteiger partial charge is 0.351 e. The van der Waals surface area contributed by atoms with E-state index in [0.717, 1.165) is 25.7 Å². The Morgan fingerprint density at radius 1 is 1.21 bits per heavy atom. The molecule has 2 fully saturated rings. The fraction of sp³-hybridized carbons (Fsp3) is 0.688. The average Bonchev–Trinajstić information content (AvgIpc) is 3.23. The lowest BCUT2D eigenvalue weighted by Gasteiger charge is -2.39. The number of nitrogens with two attached hydrogens (primary N) is 1. The van der Waals surface area contributed by atoms with Crippen molar-refractivity contribution in [2.75, 3.05) is 32.7 Å². The van der Waals surface area contributed by atoms with Crippen LogP contribution in [0.4, 0.5) is 0 Å². The van der Waals surface area contributed by atoms with Crippen LogP contribution in [0.3, 0.4) is 0 Å². The summed E-state index contributed by atoms with van der Waals surface area (Å²) in [6.07, 6.45) is 3.93. The Morgan fingerprint density at radius 3 is 2.29 bits per heavy atom. The Morgan fingerprint density at radius 2 is 1.79 bits per heavy atom. The zero-order valence-electron chi connectivity index (χ0n) is 14.0. The number of halogens is 1. The summed E-state index contributed by atoms with van der Waals surface area (Å²) in [5.41, 5.74) is 6.22. The Labute approximate surface area is 147 Å². The Hall–Kier alpha value is -1.60. The van der Waals surface area contributed by atoms with Crippen molar-refractivity contribution in [3.05, 3.63) is 17.5 Å². The highest BCUT2D eigenvalue weighted by atomic mass is 35.5. The van der Waals surface area contributed by atoms with E-state index in [-0.39, 0.29) is 35.4 Å². The minimum absolute atomic E-state index is 0. The monoisotopic (exact) mass is 356 g/mol. The molecule has 1 aliphatic heterocycles. The maximum Gasteiger partial charge on any atom is 0.292 e. The lowest BCUT2D eigenvalue weighted by Crippen LogP contribution is -2.55. The van der Waals surface area contributed by atoms with Crippen LogP contribution in [0.1, 0.15) is 41.9 Å². The van der Waals surface area contributed by atoms with Crippen LogP contribution in [0.2, 0.25) is 0 Å². The van der Waals surface area contributed by atoms with E-state index < -0.39 is 0 Å². The quantitative estimate of drug-likeness (QED) is 0.878. The van der Waals surface area contributed by atoms with E-state index in [2.05, 4.69) is 5.16 Å². The first-order chi connectivity index (χ1) is 11.1. The number of hydrogen-bond donors (Lipinski definition) is 1. The van der Waals surface area contributed by atoms with Gasteiger partial charge >= 0.3 is 0 Å². The van der Waals surface area contributed by atoms with Crippen LogP contribution in [0.5, 0.6) is 0 Å². The van der Waals surface area contributed by atoms with Gasteiger partial charge in [-0.05, 0) is 19.8 Å². The number of hydrogen-bond acceptors (Lipinski definition) is 5. The Kier molecular flexibility index (Phi) is 5.87. The van der Waals surface area contributed by atoms with Gasteiger partial charge in [0.25, 0.3) is 5.91 Å². The number of nitrogens with zero attached hydrogens (tertiary/aromatic N) is 3. The second-order valence-corrected chi connectivity index (χ2v) is 6.61. The number of aryl methyl sites for hydroxylation is 1. The molecular formula is C16H25ClN4O3. The zero-order valence-corrected chi connectivity index (χ0v) is 14.8. The molecular weight excluding hydrogens is 332 g/mol. The summed E-state index contributed by atoms with van der Waals surface area (Å²) >= 11 is 0. The van der Waals surface area contributed by atoms with Crippen molar-refractivity contribution < 1.29 is 14.1 Å². The van der Waals surface area contributed by atoms with Crippen LogP contribution < -0.4 is 5.73 Å². The number of aromatic nitrogens is 1. The number of rotatable bonds is 3. The van der Waals surface area contributed by atoms with E-state index in [9.17, 15) is 9.59 Å². The van der Waals surface area contributed by atoms with Crippen molar-refractivity contribution in [3.63, 3.8) is 0 Å². The highest BCUT2D eigenvalue weighted by Crippen LogP contribution is 2.39. The van der Waals surface area contributed by atoms with Crippen molar-refractivity contribution in [1.29, 1.82) is 0 Å². The molecule has 2 aliphatic rings. The summed E-state index contributed by atoms with van der Waals surface area (Å²) < 4.78 is 5.03. The van der Waals surface area contributed by atoms with Gasteiger partial charge in [-0.15, -0.1) is 12.4 Å². The van der Waals surface area contributed by atoms with Crippen LogP contribution in [-0.4, -0.2) is 59.5 Å². The van der Waals surface area contributed by atoms with Crippen molar-refractivity contribution in [2.45, 2.75) is 32.6 Å². The predicted molar refractivity (Wildman–Crippen MR) is 90.9 cm³/mol. The molecule has 0 bridgehead atoms. The van der Waals surface area contributed by atoms with E-state index in [4.69, 9.17) is 10.3 Å². The lowest BCUT2D eigenvalue weighted by atomic mass is 9.84. The number of carbonyl (C=O) groups excluding carboxylic acids is 2. The first-order valence-electron chi connectivity index (χ1n) is 8.28. The summed E-state index contributed by atoms with van der Waals surface area (Å²) in [7, 11) is 0. The minimum Gasteiger partial charge on any atom is -0.351 e. The van der Waals surface area contributed by atoms with Gasteiger partial charge in [-0.1, -0.05) is 18.0 Å². The minimum atomic E-state index is -0.367. The normalized spacial score (nSPS) is 19.9. The van der Waals surface area contributed by atoms with Gasteiger partial charge in [0.1, 0.15) is 0 Å². The maximum atomic E-state index is 12.8. The van der Waals surface area contributed by atoms with Crippen molar-refractivity contribution >= 4 is 24.2 Å². The average molecular weight is 357 g/mol. The molecule has 0 radical (unpaired) electrons.